The highest BCUT2D eigenvalue weighted by molar-refractivity contribution is 5.92. The Bertz CT molecular complexity index is 885. The first-order valence-electron chi connectivity index (χ1n) is 9.96. The van der Waals surface area contributed by atoms with E-state index in [0.29, 0.717) is 31.9 Å². The maximum absolute atomic E-state index is 12.9. The van der Waals surface area contributed by atoms with Gasteiger partial charge in [-0.3, -0.25) is 9.36 Å². The zero-order valence-corrected chi connectivity index (χ0v) is 17.3. The summed E-state index contributed by atoms with van der Waals surface area (Å²) in [4.78, 5) is 33.9. The average molecular weight is 387 g/mol. The number of likely N-dealkylation sites (tertiary alicyclic amines) is 1. The summed E-state index contributed by atoms with van der Waals surface area (Å²) >= 11 is 0. The van der Waals surface area contributed by atoms with E-state index < -0.39 is 0 Å². The highest BCUT2D eigenvalue weighted by atomic mass is 16.2. The van der Waals surface area contributed by atoms with Crippen molar-refractivity contribution in [3.8, 4) is 0 Å². The monoisotopic (exact) mass is 386 g/mol. The van der Waals surface area contributed by atoms with E-state index in [-0.39, 0.29) is 17.5 Å². The Labute approximate surface area is 165 Å². The van der Waals surface area contributed by atoms with Crippen LogP contribution in [-0.2, 0) is 13.1 Å². The molecule has 1 atom stereocenters. The van der Waals surface area contributed by atoms with Crippen molar-refractivity contribution in [2.45, 2.75) is 45.7 Å². The summed E-state index contributed by atoms with van der Waals surface area (Å²) in [5.41, 5.74) is 1.24. The minimum Gasteiger partial charge on any atom is -0.337 e. The van der Waals surface area contributed by atoms with Gasteiger partial charge in [0.25, 0.3) is 5.91 Å². The summed E-state index contributed by atoms with van der Waals surface area (Å²) in [6.45, 7) is 7.03. The lowest BCUT2D eigenvalue weighted by atomic mass is 9.96. The lowest BCUT2D eigenvalue weighted by molar-refractivity contribution is 0.0697. The summed E-state index contributed by atoms with van der Waals surface area (Å²) in [5.74, 6) is 0.808. The Hall–Kier alpha value is -2.48. The molecule has 0 unspecified atom stereocenters. The molecule has 1 aliphatic rings. The predicted molar refractivity (Wildman–Crippen MR) is 108 cm³/mol. The molecule has 1 saturated heterocycles. The van der Waals surface area contributed by atoms with Gasteiger partial charge in [0.05, 0.1) is 6.54 Å². The molecular weight excluding hydrogens is 356 g/mol. The summed E-state index contributed by atoms with van der Waals surface area (Å²) in [5, 5.41) is 4.64. The van der Waals surface area contributed by atoms with E-state index in [4.69, 9.17) is 0 Å². The van der Waals surface area contributed by atoms with Crippen LogP contribution in [0.1, 0.15) is 47.7 Å². The highest BCUT2D eigenvalue weighted by Crippen LogP contribution is 2.26. The van der Waals surface area contributed by atoms with Gasteiger partial charge in [0.1, 0.15) is 11.5 Å². The van der Waals surface area contributed by atoms with Crippen LogP contribution in [-0.4, -0.2) is 68.8 Å². The number of amides is 1. The minimum atomic E-state index is -0.0665. The first-order valence-corrected chi connectivity index (χ1v) is 9.96. The molecule has 0 radical (unpaired) electrons. The lowest BCUT2D eigenvalue weighted by Crippen LogP contribution is -2.40. The molecule has 1 aliphatic heterocycles. The smallest absolute Gasteiger partial charge is 0.337 e. The quantitative estimate of drug-likeness (QED) is 0.749. The van der Waals surface area contributed by atoms with Gasteiger partial charge in [0.15, 0.2) is 0 Å². The molecule has 3 heterocycles. The van der Waals surface area contributed by atoms with Gasteiger partial charge in [0, 0.05) is 37.8 Å². The zero-order chi connectivity index (χ0) is 20.3. The zero-order valence-electron chi connectivity index (χ0n) is 17.3. The van der Waals surface area contributed by atoms with Gasteiger partial charge in [-0.25, -0.2) is 14.5 Å². The molecule has 2 aromatic heterocycles. The van der Waals surface area contributed by atoms with Crippen LogP contribution in [0.4, 0.5) is 0 Å². The van der Waals surface area contributed by atoms with Gasteiger partial charge in [-0.1, -0.05) is 6.07 Å². The Morgan fingerprint density at radius 1 is 1.32 bits per heavy atom. The highest BCUT2D eigenvalue weighted by Gasteiger charge is 2.30. The first kappa shape index (κ1) is 20.3. The molecule has 2 aromatic rings. The third-order valence-electron chi connectivity index (χ3n) is 5.21. The van der Waals surface area contributed by atoms with Crippen molar-refractivity contribution in [3.05, 3.63) is 45.9 Å². The van der Waals surface area contributed by atoms with Crippen LogP contribution in [0.2, 0.25) is 0 Å². The predicted octanol–water partition coefficient (Wildman–Crippen LogP) is 1.35. The Kier molecular flexibility index (Phi) is 6.28. The topological polar surface area (TPSA) is 76.3 Å². The van der Waals surface area contributed by atoms with E-state index in [1.165, 1.54) is 0 Å². The summed E-state index contributed by atoms with van der Waals surface area (Å²) in [6.07, 6.45) is 1.82. The number of carbonyl (C=O) groups is 1. The minimum absolute atomic E-state index is 0.0502. The Morgan fingerprint density at radius 2 is 2.11 bits per heavy atom. The number of aromatic nitrogens is 4. The Balaban J connectivity index is 1.81. The molecule has 8 nitrogen and oxygen atoms in total. The van der Waals surface area contributed by atoms with E-state index in [9.17, 15) is 9.59 Å². The molecule has 0 bridgehead atoms. The summed E-state index contributed by atoms with van der Waals surface area (Å²) in [7, 11) is 3.96. The number of nitrogens with zero attached hydrogens (tertiary/aromatic N) is 6. The molecule has 0 N–H and O–H groups in total. The number of aryl methyl sites for hydroxylation is 1. The van der Waals surface area contributed by atoms with Gasteiger partial charge in [0.2, 0.25) is 0 Å². The van der Waals surface area contributed by atoms with Crippen LogP contribution in [0, 0.1) is 6.92 Å². The van der Waals surface area contributed by atoms with Crippen LogP contribution >= 0.6 is 0 Å². The van der Waals surface area contributed by atoms with Gasteiger partial charge in [-0.15, -0.1) is 0 Å². The second-order valence-corrected chi connectivity index (χ2v) is 7.67. The molecular formula is C20H30N6O2. The number of hydrogen-bond acceptors (Lipinski definition) is 5. The fourth-order valence-electron chi connectivity index (χ4n) is 3.69. The van der Waals surface area contributed by atoms with Crippen molar-refractivity contribution in [2.24, 2.45) is 0 Å². The number of pyridine rings is 1. The second-order valence-electron chi connectivity index (χ2n) is 7.67. The molecule has 1 fully saturated rings. The van der Waals surface area contributed by atoms with Crippen LogP contribution in [0.5, 0.6) is 0 Å². The largest absolute Gasteiger partial charge is 0.345 e. The normalized spacial score (nSPS) is 17.3. The summed E-state index contributed by atoms with van der Waals surface area (Å²) < 4.78 is 3.31. The molecule has 152 valence electrons. The molecule has 0 spiro atoms. The van der Waals surface area contributed by atoms with Crippen LogP contribution < -0.4 is 5.69 Å². The van der Waals surface area contributed by atoms with E-state index in [0.717, 1.165) is 30.9 Å². The SMILES string of the molecule is CCn1c([C@H]2CCCN(C(=O)c3cccc(C)n3)C2)nn(CCN(C)C)c1=O. The van der Waals surface area contributed by atoms with Gasteiger partial charge in [-0.2, -0.15) is 5.10 Å². The standard InChI is InChI=1S/C20H30N6O2/c1-5-25-18(22-26(20(25)28)13-12-23(3)4)16-9-7-11-24(14-16)19(27)17-10-6-8-15(2)21-17/h6,8,10,16H,5,7,9,11-14H2,1-4H3/t16-/m0/s1. The Morgan fingerprint density at radius 3 is 2.79 bits per heavy atom. The van der Waals surface area contributed by atoms with Crippen LogP contribution in [0.25, 0.3) is 0 Å². The first-order chi connectivity index (χ1) is 13.4. The number of rotatable bonds is 6. The number of carbonyl (C=O) groups excluding carboxylic acids is 1. The van der Waals surface area contributed by atoms with Crippen molar-refractivity contribution in [2.75, 3.05) is 33.7 Å². The fraction of sp³-hybridized carbons (Fsp3) is 0.600. The molecule has 3 rings (SSSR count). The lowest BCUT2D eigenvalue weighted by Gasteiger charge is -2.32. The third-order valence-corrected chi connectivity index (χ3v) is 5.21. The van der Waals surface area contributed by atoms with Crippen molar-refractivity contribution in [3.63, 3.8) is 0 Å². The molecule has 8 heteroatoms. The maximum Gasteiger partial charge on any atom is 0.345 e. The van der Waals surface area contributed by atoms with Gasteiger partial charge >= 0.3 is 5.69 Å². The van der Waals surface area contributed by atoms with E-state index in [2.05, 4.69) is 10.1 Å². The molecule has 0 aromatic carbocycles. The average Bonchev–Trinajstić information content (AvgIpc) is 3.01. The third kappa shape index (κ3) is 4.32. The van der Waals surface area contributed by atoms with E-state index in [1.54, 1.807) is 15.3 Å². The van der Waals surface area contributed by atoms with Crippen molar-refractivity contribution in [1.29, 1.82) is 0 Å². The van der Waals surface area contributed by atoms with E-state index in [1.807, 2.05) is 49.9 Å². The summed E-state index contributed by atoms with van der Waals surface area (Å²) in [6, 6.07) is 5.51. The van der Waals surface area contributed by atoms with Gasteiger partial charge in [-0.05, 0) is 52.9 Å². The van der Waals surface area contributed by atoms with Crippen LogP contribution in [0.15, 0.2) is 23.0 Å². The number of likely N-dealkylation sites (N-methyl/N-ethyl adjacent to an activating group) is 1. The van der Waals surface area contributed by atoms with Crippen molar-refractivity contribution >= 4 is 5.91 Å². The number of hydrogen-bond donors (Lipinski definition) is 0. The molecule has 1 amide bonds. The van der Waals surface area contributed by atoms with Gasteiger partial charge < -0.3 is 9.80 Å². The second kappa shape index (κ2) is 8.68. The van der Waals surface area contributed by atoms with Crippen molar-refractivity contribution in [1.82, 2.24) is 29.1 Å². The van der Waals surface area contributed by atoms with Crippen molar-refractivity contribution < 1.29 is 4.79 Å². The molecule has 0 saturated carbocycles. The van der Waals surface area contributed by atoms with E-state index >= 15 is 0 Å². The molecule has 28 heavy (non-hydrogen) atoms. The van der Waals surface area contributed by atoms with Crippen LogP contribution in [0.3, 0.4) is 0 Å². The maximum atomic E-state index is 12.9. The fourth-order valence-corrected chi connectivity index (χ4v) is 3.69. The molecule has 0 aliphatic carbocycles. The number of piperidine rings is 1.